The maximum absolute atomic E-state index is 12.5. The Balaban J connectivity index is 1.79. The zero-order chi connectivity index (χ0) is 15.5. The maximum Gasteiger partial charge on any atom is 0.335 e. The van der Waals surface area contributed by atoms with Crippen LogP contribution in [0.25, 0.3) is 0 Å². The van der Waals surface area contributed by atoms with Crippen LogP contribution in [0.3, 0.4) is 0 Å². The van der Waals surface area contributed by atoms with E-state index in [4.69, 9.17) is 0 Å². The number of carbonyl (C=O) groups excluding carboxylic acids is 1. The van der Waals surface area contributed by atoms with E-state index in [9.17, 15) is 14.7 Å². The van der Waals surface area contributed by atoms with Gasteiger partial charge >= 0.3 is 5.97 Å². The Hall–Kier alpha value is -2.62. The van der Waals surface area contributed by atoms with Crippen LogP contribution in [0.1, 0.15) is 39.4 Å². The third kappa shape index (κ3) is 1.64. The van der Waals surface area contributed by atoms with Crippen molar-refractivity contribution >= 4 is 17.6 Å². The number of rotatable bonds is 2. The molecule has 110 valence electrons. The lowest BCUT2D eigenvalue weighted by molar-refractivity contribution is -0.118. The molecule has 0 aromatic heterocycles. The van der Waals surface area contributed by atoms with Crippen LogP contribution < -0.4 is 5.32 Å². The molecule has 1 heterocycles. The van der Waals surface area contributed by atoms with Crippen molar-refractivity contribution in [2.75, 3.05) is 5.32 Å². The number of anilines is 1. The molecule has 2 aliphatic rings. The lowest BCUT2D eigenvalue weighted by Crippen LogP contribution is -2.21. The van der Waals surface area contributed by atoms with Crippen LogP contribution in [0.2, 0.25) is 0 Å². The van der Waals surface area contributed by atoms with E-state index < -0.39 is 11.4 Å². The quantitative estimate of drug-likeness (QED) is 0.894. The summed E-state index contributed by atoms with van der Waals surface area (Å²) in [7, 11) is 0. The van der Waals surface area contributed by atoms with Crippen molar-refractivity contribution < 1.29 is 14.7 Å². The molecule has 22 heavy (non-hydrogen) atoms. The topological polar surface area (TPSA) is 66.4 Å². The molecule has 1 amide bonds. The molecule has 2 N–H and O–H groups in total. The van der Waals surface area contributed by atoms with Crippen LogP contribution in [0, 0.1) is 6.92 Å². The number of amides is 1. The van der Waals surface area contributed by atoms with Crippen LogP contribution in [0.5, 0.6) is 0 Å². The van der Waals surface area contributed by atoms with Crippen LogP contribution in [0.4, 0.5) is 5.69 Å². The zero-order valence-corrected chi connectivity index (χ0v) is 12.1. The number of fused-ring (bicyclic) bond motifs is 2. The summed E-state index contributed by atoms with van der Waals surface area (Å²) in [4.78, 5) is 23.7. The third-order valence-corrected chi connectivity index (χ3v) is 4.84. The van der Waals surface area contributed by atoms with Gasteiger partial charge in [0.15, 0.2) is 0 Å². The van der Waals surface area contributed by atoms with Crippen molar-refractivity contribution in [1.82, 2.24) is 0 Å². The molecule has 0 bridgehead atoms. The SMILES string of the molecule is Cc1ccc([C@@H]2C[C@]23C(=O)Nc2ccc(C(=O)O)cc23)cc1. The predicted molar refractivity (Wildman–Crippen MR) is 82.2 cm³/mol. The molecule has 4 nitrogen and oxygen atoms in total. The standard InChI is InChI=1S/C18H15NO3/c1-10-2-4-11(5-3-10)14-9-18(14)13-8-12(16(20)21)6-7-15(13)19-17(18)22/h2-8,14H,9H2,1H3,(H,19,22)(H,20,21)/t14-,18+/m0/s1. The highest BCUT2D eigenvalue weighted by Crippen LogP contribution is 2.64. The van der Waals surface area contributed by atoms with Crippen molar-refractivity contribution in [3.05, 3.63) is 64.7 Å². The van der Waals surface area contributed by atoms with Crippen molar-refractivity contribution in [1.29, 1.82) is 0 Å². The number of carbonyl (C=O) groups is 2. The number of benzene rings is 2. The third-order valence-electron chi connectivity index (χ3n) is 4.84. The monoisotopic (exact) mass is 293 g/mol. The lowest BCUT2D eigenvalue weighted by atomic mass is 9.91. The molecule has 2 aromatic carbocycles. The van der Waals surface area contributed by atoms with Crippen molar-refractivity contribution in [3.63, 3.8) is 0 Å². The molecular weight excluding hydrogens is 278 g/mol. The minimum Gasteiger partial charge on any atom is -0.478 e. The van der Waals surface area contributed by atoms with E-state index in [2.05, 4.69) is 17.4 Å². The first-order valence-corrected chi connectivity index (χ1v) is 7.28. The Bertz CT molecular complexity index is 810. The summed E-state index contributed by atoms with van der Waals surface area (Å²) in [6, 6.07) is 13.1. The molecule has 0 unspecified atom stereocenters. The summed E-state index contributed by atoms with van der Waals surface area (Å²) in [5, 5.41) is 12.1. The fourth-order valence-electron chi connectivity index (χ4n) is 3.52. The highest BCUT2D eigenvalue weighted by atomic mass is 16.4. The molecule has 2 aromatic rings. The number of nitrogens with one attached hydrogen (secondary N) is 1. The second-order valence-electron chi connectivity index (χ2n) is 6.16. The number of aryl methyl sites for hydroxylation is 1. The van der Waals surface area contributed by atoms with Gasteiger partial charge in [0.05, 0.1) is 11.0 Å². The molecule has 0 saturated heterocycles. The molecule has 1 aliphatic heterocycles. The Morgan fingerprint density at radius 3 is 2.64 bits per heavy atom. The van der Waals surface area contributed by atoms with Crippen molar-refractivity contribution in [2.45, 2.75) is 24.7 Å². The van der Waals surface area contributed by atoms with E-state index in [0.717, 1.165) is 23.2 Å². The molecule has 0 radical (unpaired) electrons. The van der Waals surface area contributed by atoms with Crippen molar-refractivity contribution in [2.24, 2.45) is 0 Å². The minimum absolute atomic E-state index is 0.0180. The summed E-state index contributed by atoms with van der Waals surface area (Å²) in [6.07, 6.45) is 0.734. The average Bonchev–Trinajstić information content (AvgIpc) is 3.18. The van der Waals surface area contributed by atoms with Crippen LogP contribution >= 0.6 is 0 Å². The highest BCUT2D eigenvalue weighted by molar-refractivity contribution is 6.10. The second-order valence-corrected chi connectivity index (χ2v) is 6.16. The fourth-order valence-corrected chi connectivity index (χ4v) is 3.52. The van der Waals surface area contributed by atoms with Gasteiger partial charge in [0.2, 0.25) is 5.91 Å². The summed E-state index contributed by atoms with van der Waals surface area (Å²) in [6.45, 7) is 2.03. The number of aromatic carboxylic acids is 1. The smallest absolute Gasteiger partial charge is 0.335 e. The van der Waals surface area contributed by atoms with Gasteiger partial charge in [-0.05, 0) is 42.7 Å². The largest absolute Gasteiger partial charge is 0.478 e. The lowest BCUT2D eigenvalue weighted by Gasteiger charge is -2.09. The normalized spacial score (nSPS) is 25.0. The first kappa shape index (κ1) is 13.1. The first-order valence-electron chi connectivity index (χ1n) is 7.28. The van der Waals surface area contributed by atoms with Gasteiger partial charge in [-0.1, -0.05) is 29.8 Å². The molecule has 1 saturated carbocycles. The molecule has 4 rings (SSSR count). The van der Waals surface area contributed by atoms with Crippen molar-refractivity contribution in [3.8, 4) is 0 Å². The Labute approximate surface area is 127 Å². The zero-order valence-electron chi connectivity index (χ0n) is 12.1. The van der Waals surface area contributed by atoms with Gasteiger partial charge in [0.25, 0.3) is 0 Å². The Kier molecular flexibility index (Phi) is 2.49. The van der Waals surface area contributed by atoms with Crippen LogP contribution in [-0.2, 0) is 10.2 Å². The Morgan fingerprint density at radius 2 is 1.95 bits per heavy atom. The van der Waals surface area contributed by atoms with Gasteiger partial charge < -0.3 is 10.4 Å². The number of hydrogen-bond acceptors (Lipinski definition) is 2. The van der Waals surface area contributed by atoms with Gasteiger partial charge in [0, 0.05) is 11.6 Å². The molecule has 1 spiro atoms. The van der Waals surface area contributed by atoms with E-state index in [1.807, 2.05) is 19.1 Å². The minimum atomic E-state index is -0.968. The predicted octanol–water partition coefficient (Wildman–Crippen LogP) is 3.07. The number of carboxylic acid groups (broad SMARTS) is 1. The van der Waals surface area contributed by atoms with Gasteiger partial charge in [0.1, 0.15) is 0 Å². The molecule has 1 fully saturated rings. The maximum atomic E-state index is 12.5. The van der Waals surface area contributed by atoms with Crippen LogP contribution in [-0.4, -0.2) is 17.0 Å². The van der Waals surface area contributed by atoms with E-state index in [-0.39, 0.29) is 17.4 Å². The summed E-state index contributed by atoms with van der Waals surface area (Å²) in [5.74, 6) is -0.862. The molecular formula is C18H15NO3. The molecule has 1 aliphatic carbocycles. The first-order chi connectivity index (χ1) is 10.5. The molecule has 4 heteroatoms. The van der Waals surface area contributed by atoms with Crippen LogP contribution in [0.15, 0.2) is 42.5 Å². The van der Waals surface area contributed by atoms with E-state index >= 15 is 0 Å². The van der Waals surface area contributed by atoms with E-state index in [1.165, 1.54) is 11.6 Å². The summed E-state index contributed by atoms with van der Waals surface area (Å²) >= 11 is 0. The van der Waals surface area contributed by atoms with E-state index in [1.54, 1.807) is 12.1 Å². The van der Waals surface area contributed by atoms with Gasteiger partial charge in [-0.15, -0.1) is 0 Å². The second kappa shape index (κ2) is 4.19. The van der Waals surface area contributed by atoms with Gasteiger partial charge in [-0.25, -0.2) is 4.79 Å². The summed E-state index contributed by atoms with van der Waals surface area (Å²) < 4.78 is 0. The highest BCUT2D eigenvalue weighted by Gasteiger charge is 2.65. The Morgan fingerprint density at radius 1 is 1.23 bits per heavy atom. The van der Waals surface area contributed by atoms with E-state index in [0.29, 0.717) is 0 Å². The summed E-state index contributed by atoms with van der Waals surface area (Å²) in [5.41, 5.74) is 3.52. The fraction of sp³-hybridized carbons (Fsp3) is 0.222. The number of carboxylic acids is 1. The van der Waals surface area contributed by atoms with Gasteiger partial charge in [-0.2, -0.15) is 0 Å². The number of hydrogen-bond donors (Lipinski definition) is 2. The molecule has 2 atom stereocenters. The van der Waals surface area contributed by atoms with Gasteiger partial charge in [-0.3, -0.25) is 4.79 Å². The average molecular weight is 293 g/mol.